The van der Waals surface area contributed by atoms with E-state index in [2.05, 4.69) is 15.4 Å². The highest BCUT2D eigenvalue weighted by Crippen LogP contribution is 2.23. The van der Waals surface area contributed by atoms with Gasteiger partial charge < -0.3 is 10.6 Å². The van der Waals surface area contributed by atoms with Gasteiger partial charge in [-0.25, -0.2) is 13.2 Å². The Morgan fingerprint density at radius 1 is 0.828 bits per heavy atom. The van der Waals surface area contributed by atoms with E-state index in [1.165, 1.54) is 24.3 Å². The Morgan fingerprint density at radius 3 is 2.14 bits per heavy atom. The van der Waals surface area contributed by atoms with Gasteiger partial charge in [0.05, 0.1) is 10.6 Å². The summed E-state index contributed by atoms with van der Waals surface area (Å²) in [5.41, 5.74) is 2.18. The Kier molecular flexibility index (Phi) is 6.32. The molecule has 0 saturated heterocycles. The largest absolute Gasteiger partial charge is 0.323 e. The molecule has 3 aromatic rings. The summed E-state index contributed by atoms with van der Waals surface area (Å²) in [4.78, 5) is 12.1. The van der Waals surface area contributed by atoms with Crippen LogP contribution in [0.2, 0.25) is 10.0 Å². The molecule has 3 aromatic carbocycles. The number of benzene rings is 3. The lowest BCUT2D eigenvalue weighted by atomic mass is 10.2. The van der Waals surface area contributed by atoms with Crippen molar-refractivity contribution < 1.29 is 13.2 Å². The first kappa shape index (κ1) is 21.0. The SMILES string of the molecule is Cc1ccc(NS(=O)(=O)c2ccc(NC(=O)Nc3cccc(Cl)c3)cc2)cc1Cl. The number of aryl methyl sites for hydroxylation is 1. The van der Waals surface area contributed by atoms with Gasteiger partial charge in [0.15, 0.2) is 0 Å². The lowest BCUT2D eigenvalue weighted by Crippen LogP contribution is -2.19. The monoisotopic (exact) mass is 449 g/mol. The van der Waals surface area contributed by atoms with Crippen LogP contribution in [-0.2, 0) is 10.0 Å². The van der Waals surface area contributed by atoms with Gasteiger partial charge in [0.1, 0.15) is 0 Å². The molecule has 0 aliphatic rings. The molecule has 0 spiro atoms. The van der Waals surface area contributed by atoms with Crippen LogP contribution in [0.15, 0.2) is 71.6 Å². The number of anilines is 3. The van der Waals surface area contributed by atoms with Crippen LogP contribution in [0.25, 0.3) is 0 Å². The number of carbonyl (C=O) groups excluding carboxylic acids is 1. The first-order chi connectivity index (χ1) is 13.7. The summed E-state index contributed by atoms with van der Waals surface area (Å²) >= 11 is 11.9. The van der Waals surface area contributed by atoms with Crippen molar-refractivity contribution >= 4 is 56.3 Å². The highest BCUT2D eigenvalue weighted by Gasteiger charge is 2.15. The second-order valence-corrected chi connectivity index (χ2v) is 8.71. The lowest BCUT2D eigenvalue weighted by Gasteiger charge is -2.11. The van der Waals surface area contributed by atoms with E-state index >= 15 is 0 Å². The van der Waals surface area contributed by atoms with Gasteiger partial charge in [0.25, 0.3) is 10.0 Å². The molecule has 150 valence electrons. The number of sulfonamides is 1. The minimum Gasteiger partial charge on any atom is -0.308 e. The van der Waals surface area contributed by atoms with Crippen LogP contribution < -0.4 is 15.4 Å². The molecule has 2 amide bonds. The average molecular weight is 450 g/mol. The molecule has 3 rings (SSSR count). The van der Waals surface area contributed by atoms with Crippen LogP contribution in [0.1, 0.15) is 5.56 Å². The highest BCUT2D eigenvalue weighted by molar-refractivity contribution is 7.92. The number of hydrogen-bond donors (Lipinski definition) is 3. The van der Waals surface area contributed by atoms with Gasteiger partial charge >= 0.3 is 6.03 Å². The molecule has 0 unspecified atom stereocenters. The van der Waals surface area contributed by atoms with E-state index in [4.69, 9.17) is 23.2 Å². The molecule has 29 heavy (non-hydrogen) atoms. The third kappa shape index (κ3) is 5.63. The average Bonchev–Trinajstić information content (AvgIpc) is 2.65. The zero-order chi connectivity index (χ0) is 21.0. The van der Waals surface area contributed by atoms with E-state index in [1.807, 2.05) is 6.92 Å². The van der Waals surface area contributed by atoms with Crippen molar-refractivity contribution in [1.29, 1.82) is 0 Å². The van der Waals surface area contributed by atoms with Gasteiger partial charge in [-0.3, -0.25) is 4.72 Å². The number of nitrogens with one attached hydrogen (secondary N) is 3. The fourth-order valence-electron chi connectivity index (χ4n) is 2.45. The maximum Gasteiger partial charge on any atom is 0.323 e. The Balaban J connectivity index is 1.67. The highest BCUT2D eigenvalue weighted by atomic mass is 35.5. The quantitative estimate of drug-likeness (QED) is 0.463. The van der Waals surface area contributed by atoms with Crippen LogP contribution in [-0.4, -0.2) is 14.4 Å². The van der Waals surface area contributed by atoms with Gasteiger partial charge in [-0.15, -0.1) is 0 Å². The first-order valence-electron chi connectivity index (χ1n) is 8.45. The predicted molar refractivity (Wildman–Crippen MR) is 118 cm³/mol. The summed E-state index contributed by atoms with van der Waals surface area (Å²) in [7, 11) is -3.79. The lowest BCUT2D eigenvalue weighted by molar-refractivity contribution is 0.262. The third-order valence-corrected chi connectivity index (χ3v) is 5.97. The topological polar surface area (TPSA) is 87.3 Å². The van der Waals surface area contributed by atoms with Gasteiger partial charge in [0.2, 0.25) is 0 Å². The first-order valence-corrected chi connectivity index (χ1v) is 10.7. The van der Waals surface area contributed by atoms with Crippen LogP contribution in [0.3, 0.4) is 0 Å². The molecule has 9 heteroatoms. The predicted octanol–water partition coefficient (Wildman–Crippen LogP) is 5.75. The molecule has 6 nitrogen and oxygen atoms in total. The van der Waals surface area contributed by atoms with Crippen LogP contribution >= 0.6 is 23.2 Å². The van der Waals surface area contributed by atoms with Gasteiger partial charge in [-0.2, -0.15) is 0 Å². The Bertz CT molecular complexity index is 1150. The molecule has 0 heterocycles. The Morgan fingerprint density at radius 2 is 1.48 bits per heavy atom. The number of amides is 2. The molecule has 0 aliphatic carbocycles. The van der Waals surface area contributed by atoms with Crippen LogP contribution in [0.5, 0.6) is 0 Å². The molecule has 0 bridgehead atoms. The second kappa shape index (κ2) is 8.73. The molecule has 3 N–H and O–H groups in total. The van der Waals surface area contributed by atoms with Crippen molar-refractivity contribution in [3.63, 3.8) is 0 Å². The van der Waals surface area contributed by atoms with E-state index < -0.39 is 16.1 Å². The molecule has 0 aromatic heterocycles. The minimum atomic E-state index is -3.79. The van der Waals surface area contributed by atoms with Gasteiger partial charge in [0, 0.05) is 21.4 Å². The van der Waals surface area contributed by atoms with E-state index in [0.717, 1.165) is 5.56 Å². The summed E-state index contributed by atoms with van der Waals surface area (Å²) in [6, 6.07) is 16.9. The molecular weight excluding hydrogens is 433 g/mol. The number of rotatable bonds is 5. The van der Waals surface area contributed by atoms with Crippen LogP contribution in [0, 0.1) is 6.92 Å². The standard InChI is InChI=1S/C20H17Cl2N3O3S/c1-13-5-6-17(12-19(13)22)25-29(27,28)18-9-7-15(8-10-18)23-20(26)24-16-4-2-3-14(21)11-16/h2-12,25H,1H3,(H2,23,24,26). The van der Waals surface area contributed by atoms with Crippen LogP contribution in [0.4, 0.5) is 21.9 Å². The van der Waals surface area contributed by atoms with Gasteiger partial charge in [-0.05, 0) is 67.1 Å². The maximum absolute atomic E-state index is 12.5. The number of carbonyl (C=O) groups is 1. The Labute approximate surface area is 178 Å². The zero-order valence-electron chi connectivity index (χ0n) is 15.2. The van der Waals surface area contributed by atoms with Crippen molar-refractivity contribution in [3.05, 3.63) is 82.3 Å². The normalized spacial score (nSPS) is 11.0. The fraction of sp³-hybridized carbons (Fsp3) is 0.0500. The minimum absolute atomic E-state index is 0.0509. The summed E-state index contributed by atoms with van der Waals surface area (Å²) in [6.07, 6.45) is 0. The van der Waals surface area contributed by atoms with E-state index in [1.54, 1.807) is 42.5 Å². The van der Waals surface area contributed by atoms with E-state index in [9.17, 15) is 13.2 Å². The summed E-state index contributed by atoms with van der Waals surface area (Å²) in [5, 5.41) is 6.23. The Hall–Kier alpha value is -2.74. The van der Waals surface area contributed by atoms with Crippen molar-refractivity contribution in [3.8, 4) is 0 Å². The summed E-state index contributed by atoms with van der Waals surface area (Å²) in [6.45, 7) is 1.83. The number of halogens is 2. The molecule has 0 fully saturated rings. The molecule has 0 saturated carbocycles. The van der Waals surface area contributed by atoms with Crippen molar-refractivity contribution in [1.82, 2.24) is 0 Å². The fourth-order valence-corrected chi connectivity index (χ4v) is 3.87. The zero-order valence-corrected chi connectivity index (χ0v) is 17.6. The van der Waals surface area contributed by atoms with Crippen molar-refractivity contribution in [2.75, 3.05) is 15.4 Å². The smallest absolute Gasteiger partial charge is 0.308 e. The molecular formula is C20H17Cl2N3O3S. The summed E-state index contributed by atoms with van der Waals surface area (Å²) in [5.74, 6) is 0. The van der Waals surface area contributed by atoms with Crippen molar-refractivity contribution in [2.45, 2.75) is 11.8 Å². The maximum atomic E-state index is 12.5. The molecule has 0 radical (unpaired) electrons. The van der Waals surface area contributed by atoms with E-state index in [-0.39, 0.29) is 4.90 Å². The van der Waals surface area contributed by atoms with Crippen molar-refractivity contribution in [2.24, 2.45) is 0 Å². The summed E-state index contributed by atoms with van der Waals surface area (Å²) < 4.78 is 27.6. The third-order valence-electron chi connectivity index (χ3n) is 3.93. The second-order valence-electron chi connectivity index (χ2n) is 6.18. The molecule has 0 atom stereocenters. The number of hydrogen-bond acceptors (Lipinski definition) is 3. The molecule has 0 aliphatic heterocycles. The number of urea groups is 1. The van der Waals surface area contributed by atoms with Gasteiger partial charge in [-0.1, -0.05) is 35.3 Å². The van der Waals surface area contributed by atoms with E-state index in [0.29, 0.717) is 27.1 Å².